The Hall–Kier alpha value is -0.990. The smallest absolute Gasteiger partial charge is 0.121 e. The molecule has 0 unspecified atom stereocenters. The fourth-order valence-corrected chi connectivity index (χ4v) is 0.545. The minimum atomic E-state index is 0. The van der Waals surface area contributed by atoms with E-state index in [1.807, 2.05) is 13.0 Å². The Bertz CT molecular complexity index is 141. The third kappa shape index (κ3) is 0.992. The number of hydrogen-bond acceptors (Lipinski definition) is 2. The molecule has 0 aromatic carbocycles. The topological polar surface area (TPSA) is 40.7 Å². The van der Waals surface area contributed by atoms with Crippen LogP contribution in [0.5, 0.6) is 0 Å². The summed E-state index contributed by atoms with van der Waals surface area (Å²) in [6.45, 7) is 2.98. The standard InChI is InChI=1S/C5H9N3.2H2/c1-2-6-5-3-4-7-8-5;;/h3-4H,2H2,1H3,(H2,6,7,8);2*1H. The van der Waals surface area contributed by atoms with Gasteiger partial charge in [-0.2, -0.15) is 5.10 Å². The van der Waals surface area contributed by atoms with E-state index in [0.717, 1.165) is 12.4 Å². The average Bonchev–Trinajstić information content (AvgIpc) is 2.19. The van der Waals surface area contributed by atoms with Crippen LogP contribution >= 0.6 is 0 Å². The summed E-state index contributed by atoms with van der Waals surface area (Å²) < 4.78 is 0. The van der Waals surface area contributed by atoms with Crippen LogP contribution in [0.4, 0.5) is 5.82 Å². The third-order valence-corrected chi connectivity index (χ3v) is 0.868. The van der Waals surface area contributed by atoms with Crippen molar-refractivity contribution < 1.29 is 2.85 Å². The summed E-state index contributed by atoms with van der Waals surface area (Å²) >= 11 is 0. The minimum absolute atomic E-state index is 0. The number of aromatic amines is 1. The maximum absolute atomic E-state index is 3.75. The van der Waals surface area contributed by atoms with Crippen molar-refractivity contribution in [2.45, 2.75) is 6.92 Å². The second-order valence-corrected chi connectivity index (χ2v) is 1.50. The predicted molar refractivity (Wildman–Crippen MR) is 37.0 cm³/mol. The lowest BCUT2D eigenvalue weighted by atomic mass is 10.6. The average molecular weight is 115 g/mol. The lowest BCUT2D eigenvalue weighted by molar-refractivity contribution is 1.07. The van der Waals surface area contributed by atoms with Crippen LogP contribution < -0.4 is 5.32 Å². The Kier molecular flexibility index (Phi) is 1.51. The van der Waals surface area contributed by atoms with Gasteiger partial charge < -0.3 is 5.32 Å². The van der Waals surface area contributed by atoms with E-state index in [2.05, 4.69) is 15.5 Å². The number of rotatable bonds is 2. The first-order valence-corrected chi connectivity index (χ1v) is 2.66. The van der Waals surface area contributed by atoms with Crippen LogP contribution in [0.2, 0.25) is 0 Å². The molecular weight excluding hydrogens is 102 g/mol. The molecule has 0 aliphatic heterocycles. The Labute approximate surface area is 51.1 Å². The van der Waals surface area contributed by atoms with E-state index in [4.69, 9.17) is 0 Å². The molecule has 0 aliphatic rings. The molecule has 1 heterocycles. The van der Waals surface area contributed by atoms with E-state index >= 15 is 0 Å². The Balaban J connectivity index is 0. The minimum Gasteiger partial charge on any atom is -0.371 e. The largest absolute Gasteiger partial charge is 0.371 e. The van der Waals surface area contributed by atoms with Crippen LogP contribution in [0, 0.1) is 0 Å². The molecule has 8 heavy (non-hydrogen) atoms. The summed E-state index contributed by atoms with van der Waals surface area (Å²) in [5.41, 5.74) is 0. The molecule has 0 atom stereocenters. The number of H-pyrrole nitrogens is 1. The summed E-state index contributed by atoms with van der Waals surface area (Å²) in [6, 6.07) is 1.89. The number of hydrogen-bond donors (Lipinski definition) is 2. The van der Waals surface area contributed by atoms with E-state index in [9.17, 15) is 0 Å². The Morgan fingerprint density at radius 3 is 3.38 bits per heavy atom. The quantitative estimate of drug-likeness (QED) is 0.610. The summed E-state index contributed by atoms with van der Waals surface area (Å²) in [5.74, 6) is 0.979. The predicted octanol–water partition coefficient (Wildman–Crippen LogP) is 1.33. The number of nitrogens with one attached hydrogen (secondary N) is 2. The molecule has 3 nitrogen and oxygen atoms in total. The normalized spacial score (nSPS) is 9.12. The number of aromatic nitrogens is 2. The zero-order chi connectivity index (χ0) is 5.82. The molecule has 2 N–H and O–H groups in total. The highest BCUT2D eigenvalue weighted by Gasteiger charge is 1.83. The van der Waals surface area contributed by atoms with Crippen LogP contribution in [-0.4, -0.2) is 16.7 Å². The lowest BCUT2D eigenvalue weighted by Gasteiger charge is -1.93. The van der Waals surface area contributed by atoms with E-state index in [0.29, 0.717) is 0 Å². The van der Waals surface area contributed by atoms with Gasteiger partial charge in [-0.1, -0.05) is 0 Å². The van der Waals surface area contributed by atoms with Gasteiger partial charge in [0.2, 0.25) is 0 Å². The van der Waals surface area contributed by atoms with E-state index in [1.54, 1.807) is 6.20 Å². The summed E-state index contributed by atoms with van der Waals surface area (Å²) in [7, 11) is 0. The van der Waals surface area contributed by atoms with Crippen molar-refractivity contribution in [2.24, 2.45) is 0 Å². The molecule has 0 spiro atoms. The van der Waals surface area contributed by atoms with Gasteiger partial charge in [-0.15, -0.1) is 0 Å². The van der Waals surface area contributed by atoms with Crippen molar-refractivity contribution in [2.75, 3.05) is 11.9 Å². The van der Waals surface area contributed by atoms with Crippen molar-refractivity contribution >= 4 is 5.82 Å². The maximum atomic E-state index is 3.75. The molecule has 3 heteroatoms. The maximum Gasteiger partial charge on any atom is 0.121 e. The zero-order valence-corrected chi connectivity index (χ0v) is 4.81. The zero-order valence-electron chi connectivity index (χ0n) is 4.81. The van der Waals surface area contributed by atoms with E-state index in [-0.39, 0.29) is 2.85 Å². The lowest BCUT2D eigenvalue weighted by Crippen LogP contribution is -1.95. The van der Waals surface area contributed by atoms with Gasteiger partial charge in [0.1, 0.15) is 5.82 Å². The highest BCUT2D eigenvalue weighted by Crippen LogP contribution is 1.95. The van der Waals surface area contributed by atoms with E-state index in [1.165, 1.54) is 0 Å². The van der Waals surface area contributed by atoms with Crippen molar-refractivity contribution in [3.05, 3.63) is 12.3 Å². The highest BCUT2D eigenvalue weighted by molar-refractivity contribution is 5.30. The van der Waals surface area contributed by atoms with Gasteiger partial charge in [-0.25, -0.2) is 0 Å². The Morgan fingerprint density at radius 1 is 2.00 bits per heavy atom. The van der Waals surface area contributed by atoms with Gasteiger partial charge in [0.15, 0.2) is 0 Å². The summed E-state index contributed by atoms with van der Waals surface area (Å²) in [4.78, 5) is 0. The molecule has 0 saturated heterocycles. The van der Waals surface area contributed by atoms with Gasteiger partial charge in [-0.3, -0.25) is 5.10 Å². The van der Waals surface area contributed by atoms with Gasteiger partial charge in [0.05, 0.1) is 6.20 Å². The third-order valence-electron chi connectivity index (χ3n) is 0.868. The van der Waals surface area contributed by atoms with Crippen molar-refractivity contribution in [1.82, 2.24) is 10.2 Å². The molecule has 0 bridgehead atoms. The first-order chi connectivity index (χ1) is 3.93. The second kappa shape index (κ2) is 2.35. The van der Waals surface area contributed by atoms with Crippen LogP contribution in [0.15, 0.2) is 12.3 Å². The van der Waals surface area contributed by atoms with Crippen LogP contribution in [0.1, 0.15) is 9.78 Å². The molecule has 0 fully saturated rings. The first-order valence-electron chi connectivity index (χ1n) is 2.66. The second-order valence-electron chi connectivity index (χ2n) is 1.50. The van der Waals surface area contributed by atoms with Crippen molar-refractivity contribution in [1.29, 1.82) is 0 Å². The molecule has 0 aliphatic carbocycles. The fourth-order valence-electron chi connectivity index (χ4n) is 0.545. The number of nitrogens with zero attached hydrogens (tertiary/aromatic N) is 1. The van der Waals surface area contributed by atoms with Crippen LogP contribution in [0.25, 0.3) is 0 Å². The molecule has 0 saturated carbocycles. The van der Waals surface area contributed by atoms with Gasteiger partial charge in [0, 0.05) is 9.40 Å². The van der Waals surface area contributed by atoms with Crippen LogP contribution in [0.3, 0.4) is 0 Å². The van der Waals surface area contributed by atoms with Gasteiger partial charge in [-0.05, 0) is 13.0 Å². The molecule has 1 aromatic heterocycles. The molecule has 0 amide bonds. The molecule has 0 radical (unpaired) electrons. The Morgan fingerprint density at radius 2 is 2.88 bits per heavy atom. The molecule has 1 aromatic rings. The first kappa shape index (κ1) is 5.15. The monoisotopic (exact) mass is 115 g/mol. The van der Waals surface area contributed by atoms with Gasteiger partial charge >= 0.3 is 0 Å². The summed E-state index contributed by atoms with van der Waals surface area (Å²) in [5, 5.41) is 9.60. The molecule has 1 rings (SSSR count). The summed E-state index contributed by atoms with van der Waals surface area (Å²) in [6.07, 6.45) is 1.72. The SMILES string of the molecule is CCNc1ccn[nH]1.[HH].[HH]. The highest BCUT2D eigenvalue weighted by atomic mass is 15.2. The van der Waals surface area contributed by atoms with Crippen LogP contribution in [-0.2, 0) is 0 Å². The van der Waals surface area contributed by atoms with Gasteiger partial charge in [0.25, 0.3) is 0 Å². The molecular formula is C5H13N3. The fraction of sp³-hybridized carbons (Fsp3) is 0.400. The molecule has 48 valence electrons. The van der Waals surface area contributed by atoms with Crippen molar-refractivity contribution in [3.63, 3.8) is 0 Å². The number of anilines is 1. The van der Waals surface area contributed by atoms with Crippen molar-refractivity contribution in [3.8, 4) is 0 Å². The van der Waals surface area contributed by atoms with E-state index < -0.39 is 0 Å².